The number of rotatable bonds is 6. The fraction of sp³-hybridized carbons (Fsp3) is 0.167. The van der Waals surface area contributed by atoms with Crippen LogP contribution in [0.15, 0.2) is 60.9 Å². The van der Waals surface area contributed by atoms with Gasteiger partial charge in [-0.1, -0.05) is 30.3 Å². The zero-order valence-electron chi connectivity index (χ0n) is 13.5. The van der Waals surface area contributed by atoms with Gasteiger partial charge in [0.05, 0.1) is 11.6 Å². The van der Waals surface area contributed by atoms with Gasteiger partial charge in [-0.15, -0.1) is 0 Å². The molecule has 0 saturated carbocycles. The Morgan fingerprint density at radius 2 is 1.83 bits per heavy atom. The third-order valence-electron chi connectivity index (χ3n) is 3.67. The van der Waals surface area contributed by atoms with Crippen molar-refractivity contribution in [3.8, 4) is 11.4 Å². The largest absolute Gasteiger partial charge is 0.383 e. The first-order valence-corrected chi connectivity index (χ1v) is 7.78. The van der Waals surface area contributed by atoms with Gasteiger partial charge in [0.1, 0.15) is 11.6 Å². The van der Waals surface area contributed by atoms with E-state index in [1.54, 1.807) is 12.4 Å². The number of hydrogen-bond acceptors (Lipinski definition) is 6. The lowest BCUT2D eigenvalue weighted by Crippen LogP contribution is -2.24. The third kappa shape index (κ3) is 3.67. The number of nitrogen functional groups attached to an aromatic ring is 1. The van der Waals surface area contributed by atoms with Crippen LogP contribution in [0.25, 0.3) is 11.4 Å². The molecule has 0 unspecified atom stereocenters. The van der Waals surface area contributed by atoms with Crippen LogP contribution in [0.1, 0.15) is 11.6 Å². The molecule has 6 heteroatoms. The zero-order valence-corrected chi connectivity index (χ0v) is 13.5. The molecule has 0 spiro atoms. The summed E-state index contributed by atoms with van der Waals surface area (Å²) in [4.78, 5) is 13.0. The van der Waals surface area contributed by atoms with Crippen LogP contribution >= 0.6 is 0 Å². The second kappa shape index (κ2) is 7.52. The standard InChI is InChI=1S/C18H20N6/c1-20-12-15(13-6-3-2-4-7-13)23-16-9-11-22-18(24-16)14-8-5-10-21-17(14)19/h2-11,15,20H,12H2,1H3,(H2,19,21)(H,22,23,24)/t15-/m1/s1. The molecule has 0 aliphatic heterocycles. The number of hydrogen-bond donors (Lipinski definition) is 3. The molecule has 6 nitrogen and oxygen atoms in total. The smallest absolute Gasteiger partial charge is 0.165 e. The van der Waals surface area contributed by atoms with Crippen LogP contribution in [-0.2, 0) is 0 Å². The third-order valence-corrected chi connectivity index (χ3v) is 3.67. The van der Waals surface area contributed by atoms with Crippen molar-refractivity contribution < 1.29 is 0 Å². The summed E-state index contributed by atoms with van der Waals surface area (Å²) >= 11 is 0. The lowest BCUT2D eigenvalue weighted by atomic mass is 10.1. The van der Waals surface area contributed by atoms with Gasteiger partial charge in [-0.3, -0.25) is 0 Å². The minimum Gasteiger partial charge on any atom is -0.383 e. The Kier molecular flexibility index (Phi) is 4.98. The fourth-order valence-corrected chi connectivity index (χ4v) is 2.50. The van der Waals surface area contributed by atoms with Gasteiger partial charge in [0.25, 0.3) is 0 Å². The molecule has 3 aromatic rings. The predicted molar refractivity (Wildman–Crippen MR) is 96.4 cm³/mol. The number of anilines is 2. The van der Waals surface area contributed by atoms with E-state index in [0.29, 0.717) is 11.6 Å². The van der Waals surface area contributed by atoms with Crippen molar-refractivity contribution in [1.82, 2.24) is 20.3 Å². The van der Waals surface area contributed by atoms with Crippen LogP contribution < -0.4 is 16.4 Å². The highest BCUT2D eigenvalue weighted by atomic mass is 15.1. The van der Waals surface area contributed by atoms with Crippen molar-refractivity contribution in [3.63, 3.8) is 0 Å². The number of benzene rings is 1. The Morgan fingerprint density at radius 3 is 2.58 bits per heavy atom. The van der Waals surface area contributed by atoms with Crippen molar-refractivity contribution in [2.45, 2.75) is 6.04 Å². The second-order valence-corrected chi connectivity index (χ2v) is 5.37. The van der Waals surface area contributed by atoms with Gasteiger partial charge >= 0.3 is 0 Å². The minimum absolute atomic E-state index is 0.102. The van der Waals surface area contributed by atoms with E-state index in [1.165, 1.54) is 5.56 Å². The molecule has 3 rings (SSSR count). The van der Waals surface area contributed by atoms with Gasteiger partial charge in [-0.2, -0.15) is 0 Å². The maximum Gasteiger partial charge on any atom is 0.165 e. The molecule has 1 aromatic carbocycles. The molecule has 122 valence electrons. The summed E-state index contributed by atoms with van der Waals surface area (Å²) in [6.45, 7) is 0.776. The lowest BCUT2D eigenvalue weighted by Gasteiger charge is -2.19. The second-order valence-electron chi connectivity index (χ2n) is 5.37. The van der Waals surface area contributed by atoms with Crippen LogP contribution in [0, 0.1) is 0 Å². The zero-order chi connectivity index (χ0) is 16.8. The molecule has 0 aliphatic rings. The van der Waals surface area contributed by atoms with Crippen molar-refractivity contribution in [2.75, 3.05) is 24.6 Å². The van der Waals surface area contributed by atoms with E-state index in [4.69, 9.17) is 5.73 Å². The quantitative estimate of drug-likeness (QED) is 0.647. The molecule has 0 aliphatic carbocycles. The van der Waals surface area contributed by atoms with Crippen molar-refractivity contribution in [3.05, 3.63) is 66.5 Å². The summed E-state index contributed by atoms with van der Waals surface area (Å²) in [7, 11) is 1.93. The SMILES string of the molecule is CNC[C@@H](Nc1ccnc(-c2cccnc2N)n1)c1ccccc1. The van der Waals surface area contributed by atoms with E-state index in [1.807, 2.05) is 43.4 Å². The monoisotopic (exact) mass is 320 g/mol. The van der Waals surface area contributed by atoms with E-state index in [9.17, 15) is 0 Å². The molecule has 0 amide bonds. The van der Waals surface area contributed by atoms with E-state index in [2.05, 4.69) is 37.7 Å². The van der Waals surface area contributed by atoms with Gasteiger partial charge in [0.2, 0.25) is 0 Å². The highest BCUT2D eigenvalue weighted by Gasteiger charge is 2.12. The van der Waals surface area contributed by atoms with Crippen molar-refractivity contribution in [2.24, 2.45) is 0 Å². The molecule has 24 heavy (non-hydrogen) atoms. The van der Waals surface area contributed by atoms with Gasteiger partial charge in [0, 0.05) is 18.9 Å². The minimum atomic E-state index is 0.102. The first kappa shape index (κ1) is 15.9. The number of nitrogens with one attached hydrogen (secondary N) is 2. The molecule has 0 radical (unpaired) electrons. The van der Waals surface area contributed by atoms with Crippen LogP contribution in [0.5, 0.6) is 0 Å². The lowest BCUT2D eigenvalue weighted by molar-refractivity contribution is 0.686. The summed E-state index contributed by atoms with van der Waals surface area (Å²) in [6, 6.07) is 15.9. The van der Waals surface area contributed by atoms with Gasteiger partial charge < -0.3 is 16.4 Å². The molecule has 0 bridgehead atoms. The Labute approximate surface area is 141 Å². The van der Waals surface area contributed by atoms with Gasteiger partial charge in [-0.25, -0.2) is 15.0 Å². The molecular weight excluding hydrogens is 300 g/mol. The van der Waals surface area contributed by atoms with Crippen LogP contribution in [0.4, 0.5) is 11.6 Å². The van der Waals surface area contributed by atoms with Gasteiger partial charge in [-0.05, 0) is 30.8 Å². The average molecular weight is 320 g/mol. The first-order chi connectivity index (χ1) is 11.8. The van der Waals surface area contributed by atoms with Crippen LogP contribution in [-0.4, -0.2) is 28.5 Å². The van der Waals surface area contributed by atoms with Crippen LogP contribution in [0.3, 0.4) is 0 Å². The molecule has 2 heterocycles. The van der Waals surface area contributed by atoms with E-state index < -0.39 is 0 Å². The Hall–Kier alpha value is -2.99. The van der Waals surface area contributed by atoms with E-state index in [-0.39, 0.29) is 6.04 Å². The summed E-state index contributed by atoms with van der Waals surface area (Å²) < 4.78 is 0. The molecule has 0 fully saturated rings. The topological polar surface area (TPSA) is 88.8 Å². The van der Waals surface area contributed by atoms with Gasteiger partial charge in [0.15, 0.2) is 5.82 Å². The summed E-state index contributed by atoms with van der Waals surface area (Å²) in [5, 5.41) is 6.66. The molecule has 4 N–H and O–H groups in total. The Balaban J connectivity index is 1.87. The fourth-order valence-electron chi connectivity index (χ4n) is 2.50. The summed E-state index contributed by atoms with van der Waals surface area (Å²) in [5.41, 5.74) is 7.84. The van der Waals surface area contributed by atoms with E-state index >= 15 is 0 Å². The number of nitrogens with zero attached hydrogens (tertiary/aromatic N) is 3. The average Bonchev–Trinajstić information content (AvgIpc) is 2.63. The highest BCUT2D eigenvalue weighted by Crippen LogP contribution is 2.23. The number of aromatic nitrogens is 3. The molecule has 0 saturated heterocycles. The molecule has 2 aromatic heterocycles. The maximum atomic E-state index is 5.92. The Morgan fingerprint density at radius 1 is 1.00 bits per heavy atom. The molecule has 1 atom stereocenters. The van der Waals surface area contributed by atoms with Crippen molar-refractivity contribution in [1.29, 1.82) is 0 Å². The highest BCUT2D eigenvalue weighted by molar-refractivity contribution is 5.68. The number of pyridine rings is 1. The van der Waals surface area contributed by atoms with E-state index in [0.717, 1.165) is 17.9 Å². The predicted octanol–water partition coefficient (Wildman–Crippen LogP) is 2.49. The number of likely N-dealkylation sites (N-methyl/N-ethyl adjacent to an activating group) is 1. The van der Waals surface area contributed by atoms with Crippen LogP contribution in [0.2, 0.25) is 0 Å². The number of nitrogens with two attached hydrogens (primary N) is 1. The normalized spacial score (nSPS) is 11.9. The first-order valence-electron chi connectivity index (χ1n) is 7.78. The summed E-state index contributed by atoms with van der Waals surface area (Å²) in [5.74, 6) is 1.72. The Bertz CT molecular complexity index is 790. The summed E-state index contributed by atoms with van der Waals surface area (Å²) in [6.07, 6.45) is 3.37. The molecular formula is C18H20N6. The maximum absolute atomic E-state index is 5.92. The van der Waals surface area contributed by atoms with Crippen molar-refractivity contribution >= 4 is 11.6 Å².